The molecule has 0 bridgehead atoms. The molecule has 1 aromatic carbocycles. The fourth-order valence-corrected chi connectivity index (χ4v) is 5.30. The second kappa shape index (κ2) is 10.1. The van der Waals surface area contributed by atoms with E-state index in [2.05, 4.69) is 12.2 Å². The number of rotatable bonds is 6. The maximum absolute atomic E-state index is 14.3. The summed E-state index contributed by atoms with van der Waals surface area (Å²) in [5.41, 5.74) is -0.528. The van der Waals surface area contributed by atoms with Gasteiger partial charge in [-0.1, -0.05) is 19.8 Å². The molecular weight excluding hydrogens is 427 g/mol. The molecule has 172 valence electrons. The molecule has 0 aromatic heterocycles. The van der Waals surface area contributed by atoms with Crippen LogP contribution < -0.4 is 5.32 Å². The van der Waals surface area contributed by atoms with E-state index in [1.54, 1.807) is 0 Å². The Morgan fingerprint density at radius 3 is 2.58 bits per heavy atom. The summed E-state index contributed by atoms with van der Waals surface area (Å²) >= 11 is 0. The summed E-state index contributed by atoms with van der Waals surface area (Å²) in [4.78, 5) is 24.8. The lowest BCUT2D eigenvalue weighted by Gasteiger charge is -2.30. The van der Waals surface area contributed by atoms with Gasteiger partial charge < -0.3 is 14.8 Å². The van der Waals surface area contributed by atoms with Crippen molar-refractivity contribution in [2.24, 2.45) is 5.92 Å². The number of morpholine rings is 1. The summed E-state index contributed by atoms with van der Waals surface area (Å²) < 4.78 is 51.4. The van der Waals surface area contributed by atoms with Crippen LogP contribution in [0.15, 0.2) is 23.1 Å². The van der Waals surface area contributed by atoms with E-state index in [0.29, 0.717) is 5.92 Å². The van der Waals surface area contributed by atoms with Gasteiger partial charge in [0.1, 0.15) is 5.82 Å². The van der Waals surface area contributed by atoms with Gasteiger partial charge >= 0.3 is 5.97 Å². The highest BCUT2D eigenvalue weighted by atomic mass is 32.2. The van der Waals surface area contributed by atoms with Crippen LogP contribution in [0.2, 0.25) is 0 Å². The third-order valence-corrected chi connectivity index (χ3v) is 7.75. The first-order valence-electron chi connectivity index (χ1n) is 10.6. The van der Waals surface area contributed by atoms with E-state index >= 15 is 0 Å². The summed E-state index contributed by atoms with van der Waals surface area (Å²) in [7, 11) is -3.91. The van der Waals surface area contributed by atoms with Gasteiger partial charge in [0, 0.05) is 19.1 Å². The standard InChI is InChI=1S/C21H29FN2O6S/c1-14-5-3-4-6-19(14)23-20(25)15(2)30-21(26)17-13-16(7-8-18(17)22)31(27,28)24-9-11-29-12-10-24/h7-8,13-15,19H,3-6,9-12H2,1-2H3,(H,23,25)/t14-,15-,19+/m1/s1. The van der Waals surface area contributed by atoms with Gasteiger partial charge in [-0.2, -0.15) is 4.31 Å². The number of carbonyl (C=O) groups is 2. The summed E-state index contributed by atoms with van der Waals surface area (Å²) in [6, 6.07) is 2.99. The van der Waals surface area contributed by atoms with Crippen LogP contribution in [-0.4, -0.2) is 63.0 Å². The third-order valence-electron chi connectivity index (χ3n) is 5.86. The van der Waals surface area contributed by atoms with Crippen molar-refractivity contribution in [3.63, 3.8) is 0 Å². The minimum atomic E-state index is -3.91. The van der Waals surface area contributed by atoms with Gasteiger partial charge in [0.15, 0.2) is 6.10 Å². The second-order valence-electron chi connectivity index (χ2n) is 8.08. The van der Waals surface area contributed by atoms with E-state index in [1.807, 2.05) is 0 Å². The molecule has 2 aliphatic rings. The average Bonchev–Trinajstić information content (AvgIpc) is 2.76. The number of nitrogens with zero attached hydrogens (tertiary/aromatic N) is 1. The van der Waals surface area contributed by atoms with Gasteiger partial charge in [-0.15, -0.1) is 0 Å². The van der Waals surface area contributed by atoms with E-state index in [1.165, 1.54) is 11.2 Å². The minimum Gasteiger partial charge on any atom is -0.449 e. The van der Waals surface area contributed by atoms with Crippen molar-refractivity contribution in [3.8, 4) is 0 Å². The van der Waals surface area contributed by atoms with Gasteiger partial charge in [-0.05, 0) is 43.9 Å². The predicted molar refractivity (Wildman–Crippen MR) is 110 cm³/mol. The molecule has 0 radical (unpaired) electrons. The number of amides is 1. The van der Waals surface area contributed by atoms with Gasteiger partial charge in [0.2, 0.25) is 10.0 Å². The van der Waals surface area contributed by atoms with Gasteiger partial charge in [-0.3, -0.25) is 4.79 Å². The Balaban J connectivity index is 1.69. The van der Waals surface area contributed by atoms with Crippen LogP contribution in [0.5, 0.6) is 0 Å². The van der Waals surface area contributed by atoms with E-state index in [9.17, 15) is 22.4 Å². The number of esters is 1. The van der Waals surface area contributed by atoms with E-state index in [-0.39, 0.29) is 37.2 Å². The summed E-state index contributed by atoms with van der Waals surface area (Å²) in [6.07, 6.45) is 2.90. The van der Waals surface area contributed by atoms with Crippen molar-refractivity contribution >= 4 is 21.9 Å². The van der Waals surface area contributed by atoms with Crippen LogP contribution in [0.1, 0.15) is 49.9 Å². The molecule has 2 fully saturated rings. The first-order valence-corrected chi connectivity index (χ1v) is 12.0. The number of benzene rings is 1. The van der Waals surface area contributed by atoms with E-state index in [0.717, 1.165) is 43.9 Å². The summed E-state index contributed by atoms with van der Waals surface area (Å²) in [5, 5.41) is 2.89. The molecule has 3 atom stereocenters. The fraction of sp³-hybridized carbons (Fsp3) is 0.619. The number of carbonyl (C=O) groups excluding carboxylic acids is 2. The first-order chi connectivity index (χ1) is 14.7. The van der Waals surface area contributed by atoms with Gasteiger partial charge in [0.05, 0.1) is 23.7 Å². The van der Waals surface area contributed by atoms with Crippen LogP contribution in [0.4, 0.5) is 4.39 Å². The highest BCUT2D eigenvalue weighted by Gasteiger charge is 2.30. The van der Waals surface area contributed by atoms with Gasteiger partial charge in [0.25, 0.3) is 5.91 Å². The molecule has 8 nitrogen and oxygen atoms in total. The van der Waals surface area contributed by atoms with Crippen molar-refractivity contribution in [2.75, 3.05) is 26.3 Å². The zero-order valence-electron chi connectivity index (χ0n) is 17.8. The molecular formula is C21H29FN2O6S. The lowest BCUT2D eigenvalue weighted by atomic mass is 9.86. The molecule has 1 aliphatic heterocycles. The maximum atomic E-state index is 14.3. The zero-order chi connectivity index (χ0) is 22.6. The Hall–Kier alpha value is -2.04. The number of ether oxygens (including phenoxy) is 2. The molecule has 3 rings (SSSR count). The van der Waals surface area contributed by atoms with Crippen LogP contribution >= 0.6 is 0 Å². The quantitative estimate of drug-likeness (QED) is 0.658. The van der Waals surface area contributed by atoms with Crippen molar-refractivity contribution < 1.29 is 31.9 Å². The van der Waals surface area contributed by atoms with Crippen molar-refractivity contribution in [1.82, 2.24) is 9.62 Å². The molecule has 1 heterocycles. The predicted octanol–water partition coefficient (Wildman–Crippen LogP) is 2.09. The molecule has 1 saturated carbocycles. The van der Waals surface area contributed by atoms with Crippen LogP contribution in [0.25, 0.3) is 0 Å². The van der Waals surface area contributed by atoms with E-state index in [4.69, 9.17) is 9.47 Å². The fourth-order valence-electron chi connectivity index (χ4n) is 3.87. The second-order valence-corrected chi connectivity index (χ2v) is 10.0. The lowest BCUT2D eigenvalue weighted by molar-refractivity contribution is -0.130. The SMILES string of the molecule is C[C@@H]1CCCC[C@@H]1NC(=O)[C@@H](C)OC(=O)c1cc(S(=O)(=O)N2CCOCC2)ccc1F. The molecule has 0 unspecified atom stereocenters. The Kier molecular flexibility index (Phi) is 7.66. The Bertz CT molecular complexity index is 916. The largest absolute Gasteiger partial charge is 0.449 e. The van der Waals surface area contributed by atoms with E-state index < -0.39 is 39.4 Å². The number of sulfonamides is 1. The normalized spacial score (nSPS) is 23.7. The Labute approximate surface area is 182 Å². The van der Waals surface area contributed by atoms with Crippen LogP contribution in [0, 0.1) is 11.7 Å². The van der Waals surface area contributed by atoms with Crippen molar-refractivity contribution in [3.05, 3.63) is 29.6 Å². The zero-order valence-corrected chi connectivity index (χ0v) is 18.6. The molecule has 1 saturated heterocycles. The summed E-state index contributed by atoms with van der Waals surface area (Å²) in [5.74, 6) is -2.12. The molecule has 1 aliphatic carbocycles. The number of hydrogen-bond acceptors (Lipinski definition) is 6. The number of nitrogens with one attached hydrogen (secondary N) is 1. The molecule has 0 spiro atoms. The number of halogens is 1. The average molecular weight is 457 g/mol. The molecule has 31 heavy (non-hydrogen) atoms. The smallest absolute Gasteiger partial charge is 0.341 e. The van der Waals surface area contributed by atoms with Crippen LogP contribution in [-0.2, 0) is 24.3 Å². The minimum absolute atomic E-state index is 0.0149. The van der Waals surface area contributed by atoms with Crippen molar-refractivity contribution in [1.29, 1.82) is 0 Å². The summed E-state index contributed by atoms with van der Waals surface area (Å²) in [6.45, 7) is 4.36. The molecule has 1 amide bonds. The van der Waals surface area contributed by atoms with Crippen molar-refractivity contribution in [2.45, 2.75) is 56.6 Å². The van der Waals surface area contributed by atoms with Gasteiger partial charge in [-0.25, -0.2) is 17.6 Å². The first kappa shape index (κ1) is 23.6. The maximum Gasteiger partial charge on any atom is 0.341 e. The topological polar surface area (TPSA) is 102 Å². The Morgan fingerprint density at radius 2 is 1.90 bits per heavy atom. The molecule has 10 heteroatoms. The number of hydrogen-bond donors (Lipinski definition) is 1. The molecule has 1 aromatic rings. The highest BCUT2D eigenvalue weighted by Crippen LogP contribution is 2.24. The molecule has 1 N–H and O–H groups in total. The highest BCUT2D eigenvalue weighted by molar-refractivity contribution is 7.89. The lowest BCUT2D eigenvalue weighted by Crippen LogP contribution is -2.46. The third kappa shape index (κ3) is 5.61. The monoisotopic (exact) mass is 456 g/mol. The Morgan fingerprint density at radius 1 is 1.23 bits per heavy atom. The van der Waals surface area contributed by atoms with Crippen LogP contribution in [0.3, 0.4) is 0 Å².